The molecule has 0 saturated heterocycles. The van der Waals surface area contributed by atoms with Gasteiger partial charge in [-0.1, -0.05) is 24.3 Å². The summed E-state index contributed by atoms with van der Waals surface area (Å²) in [4.78, 5) is 11.3. The molecule has 0 unspecified atom stereocenters. The first kappa shape index (κ1) is 15.3. The van der Waals surface area contributed by atoms with Gasteiger partial charge in [0.05, 0.1) is 0 Å². The molecule has 0 amide bonds. The molecule has 5 heteroatoms. The van der Waals surface area contributed by atoms with E-state index in [9.17, 15) is 20.1 Å². The van der Waals surface area contributed by atoms with E-state index in [0.717, 1.165) is 0 Å². The quantitative estimate of drug-likeness (QED) is 0.747. The van der Waals surface area contributed by atoms with Gasteiger partial charge in [0, 0.05) is 0 Å². The number of carboxylic acid groups (broad SMARTS) is 1. The van der Waals surface area contributed by atoms with E-state index in [4.69, 9.17) is 0 Å². The second-order valence-corrected chi connectivity index (χ2v) is 3.95. The van der Waals surface area contributed by atoms with Gasteiger partial charge in [0.2, 0.25) is 0 Å². The molecule has 0 fully saturated rings. The summed E-state index contributed by atoms with van der Waals surface area (Å²) in [6, 6.07) is 12.1. The van der Waals surface area contributed by atoms with Crippen LogP contribution in [-0.4, -0.2) is 44.3 Å². The molecule has 0 spiro atoms. The van der Waals surface area contributed by atoms with E-state index in [1.807, 2.05) is 0 Å². The number of rotatable bonds is 3. The van der Waals surface area contributed by atoms with Crippen molar-refractivity contribution in [3.05, 3.63) is 59.7 Å². The second kappa shape index (κ2) is 6.45. The van der Waals surface area contributed by atoms with E-state index >= 15 is 0 Å². The van der Waals surface area contributed by atoms with E-state index in [1.165, 1.54) is 24.3 Å². The fraction of sp³-hybridized carbons (Fsp3) is 0.0714. The van der Waals surface area contributed by atoms with Crippen molar-refractivity contribution in [1.29, 1.82) is 0 Å². The summed E-state index contributed by atoms with van der Waals surface area (Å²) < 4.78 is 0. The zero-order valence-electron chi connectivity index (χ0n) is 12.2. The molecule has 0 bridgehead atoms. The van der Waals surface area contributed by atoms with Crippen LogP contribution in [0.3, 0.4) is 0 Å². The maximum Gasteiger partial charge on any atom is 2.00 e. The summed E-state index contributed by atoms with van der Waals surface area (Å²) in [6.07, 6.45) is 0. The van der Waals surface area contributed by atoms with Crippen LogP contribution >= 0.6 is 0 Å². The number of hydrogen-bond acceptors (Lipinski definition) is 3. The van der Waals surface area contributed by atoms with Crippen LogP contribution in [0, 0.1) is 0 Å². The maximum absolute atomic E-state index is 11.3. The zero-order valence-corrected chi connectivity index (χ0v) is 11.6. The Morgan fingerprint density at radius 2 is 1.16 bits per heavy atom. The number of aromatic hydroxyl groups is 2. The minimum atomic E-state index is -0.980. The molecule has 0 saturated carbocycles. The summed E-state index contributed by atoms with van der Waals surface area (Å²) in [7, 11) is 0. The van der Waals surface area contributed by atoms with E-state index in [0.29, 0.717) is 11.1 Å². The summed E-state index contributed by atoms with van der Waals surface area (Å²) in [5.41, 5.74) is 1.15. The molecule has 2 aromatic carbocycles. The molecular formula is C14H14MgO4. The smallest absolute Gasteiger partial charge is 1.00 e. The average Bonchev–Trinajstić information content (AvgIpc) is 2.34. The van der Waals surface area contributed by atoms with Crippen molar-refractivity contribution in [3.63, 3.8) is 0 Å². The van der Waals surface area contributed by atoms with Gasteiger partial charge in [-0.25, -0.2) is 0 Å². The number of carboxylic acids is 1. The number of benzene rings is 2. The van der Waals surface area contributed by atoms with Crippen molar-refractivity contribution in [1.82, 2.24) is 0 Å². The fourth-order valence-electron chi connectivity index (χ4n) is 1.81. The molecule has 2 aromatic rings. The van der Waals surface area contributed by atoms with Gasteiger partial charge in [-0.15, -0.1) is 0 Å². The van der Waals surface area contributed by atoms with E-state index in [1.54, 1.807) is 24.3 Å². The number of carbonyl (C=O) groups is 1. The number of phenolic OH excluding ortho intramolecular Hbond substituents is 2. The van der Waals surface area contributed by atoms with Crippen LogP contribution in [0.15, 0.2) is 48.5 Å². The molecule has 0 aromatic heterocycles. The first-order chi connectivity index (χ1) is 8.58. The van der Waals surface area contributed by atoms with Gasteiger partial charge in [-0.05, 0) is 35.4 Å². The first-order valence-corrected chi connectivity index (χ1v) is 5.38. The van der Waals surface area contributed by atoms with Gasteiger partial charge in [0.25, 0.3) is 0 Å². The molecule has 0 radical (unpaired) electrons. The van der Waals surface area contributed by atoms with Crippen LogP contribution in [0.1, 0.15) is 19.9 Å². The Labute approximate surface area is 129 Å². The van der Waals surface area contributed by atoms with Crippen LogP contribution < -0.4 is 0 Å². The van der Waals surface area contributed by atoms with Crippen LogP contribution in [0.2, 0.25) is 0 Å². The molecule has 0 aliphatic heterocycles. The fourth-order valence-corrected chi connectivity index (χ4v) is 1.81. The van der Waals surface area contributed by atoms with Gasteiger partial charge < -0.3 is 18.2 Å². The van der Waals surface area contributed by atoms with Gasteiger partial charge in [0.15, 0.2) is 0 Å². The Bertz CT molecular complexity index is 513. The first-order valence-electron chi connectivity index (χ1n) is 5.38. The third-order valence-corrected chi connectivity index (χ3v) is 2.70. The monoisotopic (exact) mass is 270 g/mol. The molecular weight excluding hydrogens is 256 g/mol. The Hall–Kier alpha value is -1.72. The van der Waals surface area contributed by atoms with Crippen molar-refractivity contribution < 1.29 is 23.0 Å². The maximum atomic E-state index is 11.3. The standard InChI is InChI=1S/C14H12O4.Mg.2H/c15-11-5-1-9(2-6-11)13(14(17)18)10-3-7-12(16)8-4-10;;;/h1-8,13,15-16H,(H,17,18);;;/q;+2;2*-1. The summed E-state index contributed by atoms with van der Waals surface area (Å²) in [5, 5.41) is 27.7. The van der Waals surface area contributed by atoms with E-state index < -0.39 is 11.9 Å². The Kier molecular flexibility index (Phi) is 5.20. The minimum Gasteiger partial charge on any atom is -1.00 e. The Morgan fingerprint density at radius 1 is 0.842 bits per heavy atom. The molecule has 4 nitrogen and oxygen atoms in total. The normalized spacial score (nSPS) is 9.95. The van der Waals surface area contributed by atoms with E-state index in [2.05, 4.69) is 0 Å². The van der Waals surface area contributed by atoms with Crippen LogP contribution in [0.25, 0.3) is 0 Å². The van der Waals surface area contributed by atoms with Crippen molar-refractivity contribution in [2.75, 3.05) is 0 Å². The van der Waals surface area contributed by atoms with Crippen LogP contribution in [-0.2, 0) is 4.79 Å². The number of phenols is 2. The van der Waals surface area contributed by atoms with Crippen molar-refractivity contribution in [3.8, 4) is 11.5 Å². The third kappa shape index (κ3) is 3.62. The predicted molar refractivity (Wildman–Crippen MR) is 73.7 cm³/mol. The number of aliphatic carboxylic acids is 1. The van der Waals surface area contributed by atoms with Crippen LogP contribution in [0.4, 0.5) is 0 Å². The van der Waals surface area contributed by atoms with E-state index in [-0.39, 0.29) is 37.4 Å². The molecule has 0 aliphatic rings. The van der Waals surface area contributed by atoms with Gasteiger partial charge in [0.1, 0.15) is 17.4 Å². The largest absolute Gasteiger partial charge is 2.00 e. The Balaban J connectivity index is 0. The van der Waals surface area contributed by atoms with Gasteiger partial charge in [-0.3, -0.25) is 4.79 Å². The number of hydrogen-bond donors (Lipinski definition) is 3. The third-order valence-electron chi connectivity index (χ3n) is 2.70. The molecule has 96 valence electrons. The summed E-state index contributed by atoms with van der Waals surface area (Å²) in [5.74, 6) is -1.61. The van der Waals surface area contributed by atoms with Crippen molar-refractivity contribution in [2.24, 2.45) is 0 Å². The molecule has 0 heterocycles. The predicted octanol–water partition coefficient (Wildman–Crippen LogP) is 2.16. The molecule has 2 rings (SSSR count). The minimum absolute atomic E-state index is 0. The van der Waals surface area contributed by atoms with Crippen molar-refractivity contribution >= 4 is 29.0 Å². The summed E-state index contributed by atoms with van der Waals surface area (Å²) >= 11 is 0. The second-order valence-electron chi connectivity index (χ2n) is 3.95. The molecule has 0 aliphatic carbocycles. The molecule has 3 N–H and O–H groups in total. The Morgan fingerprint density at radius 3 is 1.42 bits per heavy atom. The molecule has 19 heavy (non-hydrogen) atoms. The van der Waals surface area contributed by atoms with Crippen molar-refractivity contribution in [2.45, 2.75) is 5.92 Å². The van der Waals surface area contributed by atoms with Gasteiger partial charge >= 0.3 is 29.0 Å². The van der Waals surface area contributed by atoms with Gasteiger partial charge in [-0.2, -0.15) is 0 Å². The molecule has 0 atom stereocenters. The van der Waals surface area contributed by atoms with Crippen LogP contribution in [0.5, 0.6) is 11.5 Å². The topological polar surface area (TPSA) is 77.8 Å². The SMILES string of the molecule is O=C(O)C(c1ccc(O)cc1)c1ccc(O)cc1.[H-].[H-].[Mg+2]. The zero-order chi connectivity index (χ0) is 13.1. The average molecular weight is 271 g/mol. The summed E-state index contributed by atoms with van der Waals surface area (Å²) in [6.45, 7) is 0.